The van der Waals surface area contributed by atoms with Gasteiger partial charge in [0.05, 0.1) is 0 Å². The molecule has 0 spiro atoms. The maximum Gasteiger partial charge on any atom is 0.317 e. The molecule has 1 aliphatic heterocycles. The van der Waals surface area contributed by atoms with Crippen molar-refractivity contribution in [3.63, 3.8) is 0 Å². The number of likely N-dealkylation sites (tertiary alicyclic amines) is 1. The Balaban J connectivity index is 1.59. The number of urea groups is 1. The highest BCUT2D eigenvalue weighted by Gasteiger charge is 2.23. The summed E-state index contributed by atoms with van der Waals surface area (Å²) >= 11 is 0. The van der Waals surface area contributed by atoms with Gasteiger partial charge in [-0.15, -0.1) is 0 Å². The van der Waals surface area contributed by atoms with E-state index in [9.17, 15) is 4.79 Å². The van der Waals surface area contributed by atoms with Crippen molar-refractivity contribution in [2.75, 3.05) is 13.1 Å². The molecule has 0 aromatic heterocycles. The van der Waals surface area contributed by atoms with E-state index < -0.39 is 0 Å². The van der Waals surface area contributed by atoms with Gasteiger partial charge in [0, 0.05) is 19.1 Å². The molecule has 3 nitrogen and oxygen atoms in total. The molecule has 0 bridgehead atoms. The topological polar surface area (TPSA) is 32.3 Å². The van der Waals surface area contributed by atoms with Crippen LogP contribution in [0.15, 0.2) is 24.3 Å². The van der Waals surface area contributed by atoms with Crippen LogP contribution in [0.3, 0.4) is 0 Å². The minimum absolute atomic E-state index is 0.136. The van der Waals surface area contributed by atoms with E-state index in [2.05, 4.69) is 29.6 Å². The predicted molar refractivity (Wildman–Crippen MR) is 71.6 cm³/mol. The molecule has 0 unspecified atom stereocenters. The number of hydrogen-bond acceptors (Lipinski definition) is 1. The number of aryl methyl sites for hydroxylation is 2. The van der Waals surface area contributed by atoms with Gasteiger partial charge in [0.15, 0.2) is 0 Å². The first-order valence-corrected chi connectivity index (χ1v) is 6.95. The van der Waals surface area contributed by atoms with Crippen molar-refractivity contribution in [1.82, 2.24) is 10.2 Å². The third-order valence-electron chi connectivity index (χ3n) is 4.11. The molecule has 18 heavy (non-hydrogen) atoms. The van der Waals surface area contributed by atoms with Gasteiger partial charge in [-0.3, -0.25) is 0 Å². The Kier molecular flexibility index (Phi) is 3.22. The summed E-state index contributed by atoms with van der Waals surface area (Å²) in [6, 6.07) is 9.13. The molecule has 2 amide bonds. The normalized spacial score (nSPS) is 19.7. The minimum atomic E-state index is 0.136. The number of rotatable bonds is 1. The van der Waals surface area contributed by atoms with Crippen molar-refractivity contribution in [1.29, 1.82) is 0 Å². The molecule has 0 saturated carbocycles. The average Bonchev–Trinajstić information content (AvgIpc) is 2.50. The first-order chi connectivity index (χ1) is 8.83. The second kappa shape index (κ2) is 5.01. The number of carbonyl (C=O) groups is 1. The second-order valence-electron chi connectivity index (χ2n) is 5.33. The molecular formula is C15H20N2O. The Morgan fingerprint density at radius 1 is 1.11 bits per heavy atom. The molecular weight excluding hydrogens is 224 g/mol. The Bertz CT molecular complexity index is 413. The molecule has 3 rings (SSSR count). The van der Waals surface area contributed by atoms with E-state index >= 15 is 0 Å². The lowest BCUT2D eigenvalue weighted by molar-refractivity contribution is 0.163. The van der Waals surface area contributed by atoms with Gasteiger partial charge in [0.25, 0.3) is 0 Å². The Morgan fingerprint density at radius 3 is 2.22 bits per heavy atom. The maximum absolute atomic E-state index is 11.9. The number of nitrogens with one attached hydrogen (secondary N) is 1. The zero-order valence-corrected chi connectivity index (χ0v) is 10.7. The summed E-state index contributed by atoms with van der Waals surface area (Å²) < 4.78 is 0. The number of fused-ring (bicyclic) bond motifs is 1. The summed E-state index contributed by atoms with van der Waals surface area (Å²) in [5.41, 5.74) is 2.91. The molecule has 1 N–H and O–H groups in total. The van der Waals surface area contributed by atoms with E-state index in [-0.39, 0.29) is 6.03 Å². The third-order valence-corrected chi connectivity index (χ3v) is 4.11. The van der Waals surface area contributed by atoms with Crippen LogP contribution in [0.5, 0.6) is 0 Å². The van der Waals surface area contributed by atoms with Crippen LogP contribution in [-0.2, 0) is 12.8 Å². The van der Waals surface area contributed by atoms with Gasteiger partial charge in [-0.2, -0.15) is 0 Å². The number of nitrogens with zero attached hydrogens (tertiary/aromatic N) is 1. The molecule has 1 heterocycles. The van der Waals surface area contributed by atoms with Crippen LogP contribution < -0.4 is 5.32 Å². The lowest BCUT2D eigenvalue weighted by atomic mass is 10.0. The first kappa shape index (κ1) is 11.6. The summed E-state index contributed by atoms with van der Waals surface area (Å²) in [4.78, 5) is 13.8. The van der Waals surface area contributed by atoms with E-state index in [1.54, 1.807) is 0 Å². The number of benzene rings is 1. The monoisotopic (exact) mass is 244 g/mol. The van der Waals surface area contributed by atoms with Crippen molar-refractivity contribution in [3.05, 3.63) is 35.4 Å². The Morgan fingerprint density at radius 2 is 1.72 bits per heavy atom. The number of amides is 2. The standard InChI is InChI=1S/C15H20N2O/c18-15(17-10-3-11-17)16-14-8-6-12-4-1-2-5-13(12)7-9-14/h1-2,4-5,14H,3,6-11H2,(H,16,18). The molecule has 1 aliphatic carbocycles. The summed E-state index contributed by atoms with van der Waals surface area (Å²) in [5.74, 6) is 0. The van der Waals surface area contributed by atoms with Gasteiger partial charge in [0.2, 0.25) is 0 Å². The summed E-state index contributed by atoms with van der Waals surface area (Å²) in [7, 11) is 0. The van der Waals surface area contributed by atoms with E-state index in [1.807, 2.05) is 4.90 Å². The van der Waals surface area contributed by atoms with Gasteiger partial charge >= 0.3 is 6.03 Å². The smallest absolute Gasteiger partial charge is 0.317 e. The molecule has 1 saturated heterocycles. The Hall–Kier alpha value is -1.51. The van der Waals surface area contributed by atoms with Crippen molar-refractivity contribution >= 4 is 6.03 Å². The van der Waals surface area contributed by atoms with E-state index in [4.69, 9.17) is 0 Å². The fourth-order valence-corrected chi connectivity index (χ4v) is 2.78. The quantitative estimate of drug-likeness (QED) is 0.756. The van der Waals surface area contributed by atoms with Crippen LogP contribution in [0.2, 0.25) is 0 Å². The van der Waals surface area contributed by atoms with Gasteiger partial charge in [-0.1, -0.05) is 24.3 Å². The van der Waals surface area contributed by atoms with E-state index in [1.165, 1.54) is 11.1 Å². The highest BCUT2D eigenvalue weighted by atomic mass is 16.2. The molecule has 1 aromatic carbocycles. The van der Waals surface area contributed by atoms with Crippen LogP contribution >= 0.6 is 0 Å². The molecule has 0 atom stereocenters. The number of carbonyl (C=O) groups excluding carboxylic acids is 1. The maximum atomic E-state index is 11.9. The van der Waals surface area contributed by atoms with Crippen LogP contribution in [0.4, 0.5) is 4.79 Å². The molecule has 0 radical (unpaired) electrons. The van der Waals surface area contributed by atoms with Gasteiger partial charge in [0.1, 0.15) is 0 Å². The average molecular weight is 244 g/mol. The number of hydrogen-bond donors (Lipinski definition) is 1. The van der Waals surface area contributed by atoms with Crippen LogP contribution in [-0.4, -0.2) is 30.1 Å². The predicted octanol–water partition coefficient (Wildman–Crippen LogP) is 2.35. The van der Waals surface area contributed by atoms with Crippen molar-refractivity contribution in [2.24, 2.45) is 0 Å². The SMILES string of the molecule is O=C(NC1CCc2ccccc2CC1)N1CCC1. The fourth-order valence-electron chi connectivity index (χ4n) is 2.78. The third kappa shape index (κ3) is 2.35. The van der Waals surface area contributed by atoms with Crippen molar-refractivity contribution in [2.45, 2.75) is 38.1 Å². The molecule has 1 aromatic rings. The van der Waals surface area contributed by atoms with Crippen LogP contribution in [0.1, 0.15) is 30.4 Å². The summed E-state index contributed by atoms with van der Waals surface area (Å²) in [6.45, 7) is 1.86. The fraction of sp³-hybridized carbons (Fsp3) is 0.533. The van der Waals surface area contributed by atoms with Crippen molar-refractivity contribution < 1.29 is 4.79 Å². The highest BCUT2D eigenvalue weighted by Crippen LogP contribution is 2.21. The lowest BCUT2D eigenvalue weighted by Crippen LogP contribution is -2.50. The van der Waals surface area contributed by atoms with Gasteiger partial charge in [-0.05, 0) is 43.2 Å². The molecule has 3 heteroatoms. The Labute approximate surface area is 108 Å². The van der Waals surface area contributed by atoms with E-state index in [0.717, 1.165) is 45.2 Å². The molecule has 1 fully saturated rings. The summed E-state index contributed by atoms with van der Waals surface area (Å²) in [5, 5.41) is 3.18. The van der Waals surface area contributed by atoms with Crippen molar-refractivity contribution in [3.8, 4) is 0 Å². The largest absolute Gasteiger partial charge is 0.335 e. The van der Waals surface area contributed by atoms with E-state index in [0.29, 0.717) is 6.04 Å². The zero-order valence-electron chi connectivity index (χ0n) is 10.7. The first-order valence-electron chi connectivity index (χ1n) is 6.95. The van der Waals surface area contributed by atoms with Crippen LogP contribution in [0.25, 0.3) is 0 Å². The summed E-state index contributed by atoms with van der Waals surface area (Å²) in [6.07, 6.45) is 5.46. The molecule has 96 valence electrons. The lowest BCUT2D eigenvalue weighted by Gasteiger charge is -2.32. The highest BCUT2D eigenvalue weighted by molar-refractivity contribution is 5.75. The zero-order chi connectivity index (χ0) is 12.4. The minimum Gasteiger partial charge on any atom is -0.335 e. The molecule has 2 aliphatic rings. The van der Waals surface area contributed by atoms with Gasteiger partial charge in [-0.25, -0.2) is 4.79 Å². The van der Waals surface area contributed by atoms with Crippen LogP contribution in [0, 0.1) is 0 Å². The second-order valence-corrected chi connectivity index (χ2v) is 5.33. The van der Waals surface area contributed by atoms with Gasteiger partial charge < -0.3 is 10.2 Å².